The van der Waals surface area contributed by atoms with Crippen LogP contribution < -0.4 is 4.74 Å². The van der Waals surface area contributed by atoms with Gasteiger partial charge in [-0.05, 0) is 84.4 Å². The Labute approximate surface area is 244 Å². The predicted octanol–water partition coefficient (Wildman–Crippen LogP) is 8.40. The fraction of sp³-hybridized carbons (Fsp3) is 0.212. The summed E-state index contributed by atoms with van der Waals surface area (Å²) in [6, 6.07) is 26.7. The molecule has 6 rings (SSSR count). The minimum absolute atomic E-state index is 0.401. The van der Waals surface area contributed by atoms with Crippen LogP contribution in [0.15, 0.2) is 97.6 Å². The average molecular weight is 570 g/mol. The summed E-state index contributed by atoms with van der Waals surface area (Å²) in [6.45, 7) is 3.56. The van der Waals surface area contributed by atoms with Gasteiger partial charge in [0.2, 0.25) is 0 Å². The van der Waals surface area contributed by atoms with Crippen molar-refractivity contribution >= 4 is 23.2 Å². The molecule has 202 valence electrons. The lowest BCUT2D eigenvalue weighted by Gasteiger charge is -2.33. The van der Waals surface area contributed by atoms with E-state index in [2.05, 4.69) is 57.3 Å². The van der Waals surface area contributed by atoms with Gasteiger partial charge < -0.3 is 9.72 Å². The first-order chi connectivity index (χ1) is 19.6. The fourth-order valence-electron chi connectivity index (χ4n) is 5.33. The first-order valence-corrected chi connectivity index (χ1v) is 14.3. The molecule has 0 bridgehead atoms. The second-order valence-electron chi connectivity index (χ2n) is 10.2. The van der Waals surface area contributed by atoms with Crippen molar-refractivity contribution in [2.45, 2.75) is 31.9 Å². The first kappa shape index (κ1) is 26.6. The summed E-state index contributed by atoms with van der Waals surface area (Å²) in [7, 11) is 0. The van der Waals surface area contributed by atoms with Crippen LogP contribution in [0.25, 0.3) is 22.5 Å². The zero-order valence-corrected chi connectivity index (χ0v) is 23.6. The highest BCUT2D eigenvalue weighted by atomic mass is 35.5. The minimum Gasteiger partial charge on any atom is -0.489 e. The van der Waals surface area contributed by atoms with Crippen LogP contribution >= 0.6 is 23.2 Å². The topological polar surface area (TPSA) is 54.0 Å². The number of H-pyrrole nitrogens is 1. The molecule has 3 heterocycles. The molecule has 1 saturated heterocycles. The van der Waals surface area contributed by atoms with Crippen molar-refractivity contribution in [3.63, 3.8) is 0 Å². The van der Waals surface area contributed by atoms with Gasteiger partial charge in [0.15, 0.2) is 0 Å². The number of hydrogen-bond acceptors (Lipinski definition) is 4. The molecular formula is C33H30Cl2N4O. The minimum atomic E-state index is 0.401. The van der Waals surface area contributed by atoms with Crippen LogP contribution in [0, 0.1) is 0 Å². The van der Waals surface area contributed by atoms with Crippen molar-refractivity contribution < 1.29 is 4.74 Å². The molecule has 2 aromatic heterocycles. The van der Waals surface area contributed by atoms with E-state index in [1.54, 1.807) is 6.33 Å². The second kappa shape index (κ2) is 12.3. The van der Waals surface area contributed by atoms with E-state index in [1.807, 2.05) is 48.8 Å². The van der Waals surface area contributed by atoms with Crippen LogP contribution in [0.5, 0.6) is 5.75 Å². The lowest BCUT2D eigenvalue weighted by atomic mass is 9.86. The van der Waals surface area contributed by atoms with Crippen LogP contribution in [-0.4, -0.2) is 32.9 Å². The molecule has 3 aromatic carbocycles. The van der Waals surface area contributed by atoms with Crippen molar-refractivity contribution in [1.29, 1.82) is 0 Å². The zero-order chi connectivity index (χ0) is 27.3. The Morgan fingerprint density at radius 2 is 1.62 bits per heavy atom. The van der Waals surface area contributed by atoms with Crippen molar-refractivity contribution in [3.05, 3.63) is 124 Å². The van der Waals surface area contributed by atoms with E-state index in [0.29, 0.717) is 22.6 Å². The third kappa shape index (κ3) is 6.23. The number of halogens is 2. The predicted molar refractivity (Wildman–Crippen MR) is 162 cm³/mol. The molecule has 1 N–H and O–H groups in total. The molecule has 40 heavy (non-hydrogen) atoms. The number of hydrogen-bond donors (Lipinski definition) is 1. The van der Waals surface area contributed by atoms with Crippen LogP contribution in [0.2, 0.25) is 10.0 Å². The molecule has 1 fully saturated rings. The number of nitrogens with one attached hydrogen (secondary N) is 1. The highest BCUT2D eigenvalue weighted by Gasteiger charge is 2.25. The van der Waals surface area contributed by atoms with Crippen molar-refractivity contribution in [1.82, 2.24) is 19.9 Å². The Balaban J connectivity index is 1.12. The molecule has 1 aliphatic rings. The maximum absolute atomic E-state index is 6.32. The zero-order valence-electron chi connectivity index (χ0n) is 22.1. The Hall–Kier alpha value is -3.64. The molecule has 0 saturated carbocycles. The normalized spacial score (nSPS) is 14.3. The number of imidazole rings is 1. The Kier molecular flexibility index (Phi) is 8.14. The Bertz CT molecular complexity index is 1550. The smallest absolute Gasteiger partial charge is 0.119 e. The summed E-state index contributed by atoms with van der Waals surface area (Å²) < 4.78 is 5.96. The molecule has 0 spiro atoms. The first-order valence-electron chi connectivity index (χ1n) is 13.5. The lowest BCUT2D eigenvalue weighted by molar-refractivity contribution is 0.204. The average Bonchev–Trinajstić information content (AvgIpc) is 3.54. The van der Waals surface area contributed by atoms with Gasteiger partial charge in [-0.25, -0.2) is 4.98 Å². The summed E-state index contributed by atoms with van der Waals surface area (Å²) in [5, 5.41) is 1.09. The largest absolute Gasteiger partial charge is 0.489 e. The number of rotatable bonds is 8. The molecule has 5 aromatic rings. The molecule has 0 amide bonds. The standard InChI is InChI=1S/C33H30Cl2N4O/c34-30-11-8-26(17-31(30)35)27-16-29(33(37-18-27)32-19-36-22-38-32)25-12-14-39(15-13-25)20-23-6-9-28(10-7-23)40-21-24-4-2-1-3-5-24/h1-11,16-19,22,25H,12-15,20-21H2,(H,36,38). The number of nitrogens with zero attached hydrogens (tertiary/aromatic N) is 3. The van der Waals surface area contributed by atoms with Crippen LogP contribution in [0.4, 0.5) is 0 Å². The van der Waals surface area contributed by atoms with Crippen molar-refractivity contribution in [3.8, 4) is 28.3 Å². The number of aromatic amines is 1. The quantitative estimate of drug-likeness (QED) is 0.204. The molecular weight excluding hydrogens is 539 g/mol. The molecule has 0 atom stereocenters. The highest BCUT2D eigenvalue weighted by Crippen LogP contribution is 2.37. The van der Waals surface area contributed by atoms with Gasteiger partial charge in [-0.3, -0.25) is 9.88 Å². The maximum atomic E-state index is 6.32. The van der Waals surface area contributed by atoms with Crippen molar-refractivity contribution in [2.24, 2.45) is 0 Å². The second-order valence-corrected chi connectivity index (χ2v) is 11.0. The highest BCUT2D eigenvalue weighted by molar-refractivity contribution is 6.42. The Morgan fingerprint density at radius 1 is 0.825 bits per heavy atom. The van der Waals surface area contributed by atoms with Crippen LogP contribution in [-0.2, 0) is 13.2 Å². The maximum Gasteiger partial charge on any atom is 0.119 e. The molecule has 0 radical (unpaired) electrons. The summed E-state index contributed by atoms with van der Waals surface area (Å²) in [5.41, 5.74) is 7.66. The molecule has 7 heteroatoms. The number of likely N-dealkylation sites (tertiary alicyclic amines) is 1. The summed E-state index contributed by atoms with van der Waals surface area (Å²) in [6.07, 6.45) is 7.57. The molecule has 0 unspecified atom stereocenters. The number of ether oxygens (including phenoxy) is 1. The van der Waals surface area contributed by atoms with Gasteiger partial charge in [-0.2, -0.15) is 0 Å². The van der Waals surface area contributed by atoms with Gasteiger partial charge in [-0.1, -0.05) is 71.7 Å². The van der Waals surface area contributed by atoms with E-state index >= 15 is 0 Å². The van der Waals surface area contributed by atoms with E-state index in [-0.39, 0.29) is 0 Å². The van der Waals surface area contributed by atoms with Gasteiger partial charge in [0, 0.05) is 18.3 Å². The van der Waals surface area contributed by atoms with Crippen LogP contribution in [0.1, 0.15) is 35.4 Å². The van der Waals surface area contributed by atoms with Crippen molar-refractivity contribution in [2.75, 3.05) is 13.1 Å². The van der Waals surface area contributed by atoms with Gasteiger partial charge in [0.05, 0.1) is 34.0 Å². The van der Waals surface area contributed by atoms with E-state index in [0.717, 1.165) is 60.7 Å². The fourth-order valence-corrected chi connectivity index (χ4v) is 5.63. The van der Waals surface area contributed by atoms with Gasteiger partial charge >= 0.3 is 0 Å². The van der Waals surface area contributed by atoms with E-state index in [4.69, 9.17) is 32.9 Å². The Morgan fingerprint density at radius 3 is 2.35 bits per heavy atom. The number of aromatic nitrogens is 3. The van der Waals surface area contributed by atoms with Gasteiger partial charge in [0.1, 0.15) is 12.4 Å². The number of pyridine rings is 1. The van der Waals surface area contributed by atoms with E-state index in [1.165, 1.54) is 16.7 Å². The summed E-state index contributed by atoms with van der Waals surface area (Å²) in [4.78, 5) is 14.9. The molecule has 5 nitrogen and oxygen atoms in total. The summed E-state index contributed by atoms with van der Waals surface area (Å²) >= 11 is 12.5. The lowest BCUT2D eigenvalue weighted by Crippen LogP contribution is -2.32. The molecule has 1 aliphatic heterocycles. The van der Waals surface area contributed by atoms with E-state index < -0.39 is 0 Å². The molecule has 0 aliphatic carbocycles. The SMILES string of the molecule is Clc1ccc(-c2cnc(-c3cnc[nH]3)c(C3CCN(Cc4ccc(OCc5ccccc5)cc4)CC3)c2)cc1Cl. The number of benzene rings is 3. The van der Waals surface area contributed by atoms with Crippen LogP contribution in [0.3, 0.4) is 0 Å². The summed E-state index contributed by atoms with van der Waals surface area (Å²) in [5.74, 6) is 1.30. The third-order valence-corrected chi connectivity index (χ3v) is 8.27. The monoisotopic (exact) mass is 568 g/mol. The number of piperidine rings is 1. The third-order valence-electron chi connectivity index (χ3n) is 7.53. The van der Waals surface area contributed by atoms with E-state index in [9.17, 15) is 0 Å². The van der Waals surface area contributed by atoms with Gasteiger partial charge in [0.25, 0.3) is 0 Å². The van der Waals surface area contributed by atoms with Gasteiger partial charge in [-0.15, -0.1) is 0 Å².